The first-order valence-corrected chi connectivity index (χ1v) is 7.56. The lowest BCUT2D eigenvalue weighted by Gasteiger charge is -2.28. The number of nitrogens with zero attached hydrogens (tertiary/aromatic N) is 2. The van der Waals surface area contributed by atoms with E-state index in [2.05, 4.69) is 15.5 Å². The molecular formula is C14H23N3O3. The van der Waals surface area contributed by atoms with Crippen LogP contribution in [0.25, 0.3) is 0 Å². The molecule has 6 nitrogen and oxygen atoms in total. The lowest BCUT2D eigenvalue weighted by atomic mass is 9.96. The fourth-order valence-corrected chi connectivity index (χ4v) is 3.00. The Kier molecular flexibility index (Phi) is 4.65. The number of rotatable bonds is 4. The zero-order valence-corrected chi connectivity index (χ0v) is 12.0. The SMILES string of the molecule is CNC1CCOCC1c1nc(CC2CCCCO2)no1. The van der Waals surface area contributed by atoms with Crippen molar-refractivity contribution in [2.45, 2.75) is 50.2 Å². The molecule has 0 bridgehead atoms. The third-order valence-corrected chi connectivity index (χ3v) is 4.21. The summed E-state index contributed by atoms with van der Waals surface area (Å²) in [5, 5.41) is 7.42. The molecular weight excluding hydrogens is 258 g/mol. The highest BCUT2D eigenvalue weighted by Crippen LogP contribution is 2.25. The summed E-state index contributed by atoms with van der Waals surface area (Å²) in [6.45, 7) is 2.29. The Hall–Kier alpha value is -0.980. The van der Waals surface area contributed by atoms with E-state index in [0.29, 0.717) is 18.5 Å². The second kappa shape index (κ2) is 6.65. The van der Waals surface area contributed by atoms with Crippen molar-refractivity contribution in [3.8, 4) is 0 Å². The van der Waals surface area contributed by atoms with Crippen LogP contribution in [0.4, 0.5) is 0 Å². The molecule has 2 fully saturated rings. The molecule has 0 aromatic carbocycles. The standard InChI is InChI=1S/C14H23N3O3/c1-15-12-5-7-18-9-11(12)14-16-13(17-20-14)8-10-4-2-3-6-19-10/h10-12,15H,2-9H2,1H3. The molecule has 112 valence electrons. The quantitative estimate of drug-likeness (QED) is 0.896. The fraction of sp³-hybridized carbons (Fsp3) is 0.857. The highest BCUT2D eigenvalue weighted by atomic mass is 16.5. The maximum atomic E-state index is 5.72. The number of ether oxygens (including phenoxy) is 2. The maximum absolute atomic E-state index is 5.72. The number of likely N-dealkylation sites (N-methyl/N-ethyl adjacent to an activating group) is 1. The predicted octanol–water partition coefficient (Wildman–Crippen LogP) is 1.27. The minimum Gasteiger partial charge on any atom is -0.381 e. The first kappa shape index (κ1) is 14.0. The number of hydrogen-bond donors (Lipinski definition) is 1. The molecule has 3 atom stereocenters. The number of aromatic nitrogens is 2. The van der Waals surface area contributed by atoms with Crippen LogP contribution in [0.1, 0.15) is 43.3 Å². The molecule has 3 unspecified atom stereocenters. The molecule has 2 saturated heterocycles. The van der Waals surface area contributed by atoms with Gasteiger partial charge in [-0.3, -0.25) is 0 Å². The van der Waals surface area contributed by atoms with E-state index < -0.39 is 0 Å². The average molecular weight is 281 g/mol. The Morgan fingerprint density at radius 2 is 2.20 bits per heavy atom. The molecule has 20 heavy (non-hydrogen) atoms. The lowest BCUT2D eigenvalue weighted by molar-refractivity contribution is 0.0153. The van der Waals surface area contributed by atoms with Crippen molar-refractivity contribution in [1.82, 2.24) is 15.5 Å². The van der Waals surface area contributed by atoms with Gasteiger partial charge in [-0.2, -0.15) is 4.98 Å². The molecule has 3 rings (SSSR count). The normalized spacial score (nSPS) is 31.4. The van der Waals surface area contributed by atoms with Crippen LogP contribution >= 0.6 is 0 Å². The van der Waals surface area contributed by atoms with E-state index in [9.17, 15) is 0 Å². The topological polar surface area (TPSA) is 69.4 Å². The molecule has 0 radical (unpaired) electrons. The minimum absolute atomic E-state index is 0.155. The summed E-state index contributed by atoms with van der Waals surface area (Å²) >= 11 is 0. The molecule has 1 aromatic heterocycles. The van der Waals surface area contributed by atoms with Crippen molar-refractivity contribution in [1.29, 1.82) is 0 Å². The van der Waals surface area contributed by atoms with E-state index in [4.69, 9.17) is 14.0 Å². The van der Waals surface area contributed by atoms with Crippen molar-refractivity contribution in [3.63, 3.8) is 0 Å². The van der Waals surface area contributed by atoms with Gasteiger partial charge in [0.2, 0.25) is 5.89 Å². The van der Waals surface area contributed by atoms with Crippen molar-refractivity contribution < 1.29 is 14.0 Å². The molecule has 3 heterocycles. The first-order valence-electron chi connectivity index (χ1n) is 7.56. The van der Waals surface area contributed by atoms with Gasteiger partial charge in [0.15, 0.2) is 5.82 Å². The van der Waals surface area contributed by atoms with Gasteiger partial charge in [-0.1, -0.05) is 5.16 Å². The highest BCUT2D eigenvalue weighted by molar-refractivity contribution is 5.01. The van der Waals surface area contributed by atoms with E-state index in [-0.39, 0.29) is 12.0 Å². The van der Waals surface area contributed by atoms with Crippen molar-refractivity contribution in [2.75, 3.05) is 26.9 Å². The third kappa shape index (κ3) is 3.19. The summed E-state index contributed by atoms with van der Waals surface area (Å²) in [4.78, 5) is 4.55. The van der Waals surface area contributed by atoms with Crippen LogP contribution in [0, 0.1) is 0 Å². The Morgan fingerprint density at radius 1 is 1.25 bits per heavy atom. The zero-order valence-electron chi connectivity index (χ0n) is 12.0. The van der Waals surface area contributed by atoms with E-state index >= 15 is 0 Å². The van der Waals surface area contributed by atoms with Crippen LogP contribution in [-0.2, 0) is 15.9 Å². The van der Waals surface area contributed by atoms with Crippen molar-refractivity contribution >= 4 is 0 Å². The zero-order chi connectivity index (χ0) is 13.8. The van der Waals surface area contributed by atoms with Gasteiger partial charge in [0.05, 0.1) is 18.6 Å². The molecule has 0 aliphatic carbocycles. The monoisotopic (exact) mass is 281 g/mol. The molecule has 6 heteroatoms. The first-order chi connectivity index (χ1) is 9.86. The van der Waals surface area contributed by atoms with Gasteiger partial charge in [0, 0.05) is 25.7 Å². The van der Waals surface area contributed by atoms with Gasteiger partial charge in [0.1, 0.15) is 0 Å². The van der Waals surface area contributed by atoms with Crippen LogP contribution in [0.2, 0.25) is 0 Å². The Labute approximate surface area is 119 Å². The summed E-state index contributed by atoms with van der Waals surface area (Å²) in [6.07, 6.45) is 5.46. The second-order valence-corrected chi connectivity index (χ2v) is 5.61. The molecule has 2 aliphatic heterocycles. The van der Waals surface area contributed by atoms with E-state index in [1.807, 2.05) is 7.05 Å². The van der Waals surface area contributed by atoms with Crippen molar-refractivity contribution in [2.24, 2.45) is 0 Å². The van der Waals surface area contributed by atoms with Crippen LogP contribution < -0.4 is 5.32 Å². The second-order valence-electron chi connectivity index (χ2n) is 5.61. The predicted molar refractivity (Wildman–Crippen MR) is 72.6 cm³/mol. The summed E-state index contributed by atoms with van der Waals surface area (Å²) in [5.41, 5.74) is 0. The highest BCUT2D eigenvalue weighted by Gasteiger charge is 2.31. The van der Waals surface area contributed by atoms with Gasteiger partial charge in [-0.05, 0) is 32.7 Å². The Balaban J connectivity index is 1.63. The average Bonchev–Trinajstić information content (AvgIpc) is 2.96. The van der Waals surface area contributed by atoms with Gasteiger partial charge in [-0.15, -0.1) is 0 Å². The summed E-state index contributed by atoms with van der Waals surface area (Å²) in [6, 6.07) is 0.350. The number of hydrogen-bond acceptors (Lipinski definition) is 6. The van der Waals surface area contributed by atoms with Crippen LogP contribution in [0.15, 0.2) is 4.52 Å². The minimum atomic E-state index is 0.155. The molecule has 1 aromatic rings. The maximum Gasteiger partial charge on any atom is 0.233 e. The van der Waals surface area contributed by atoms with Gasteiger partial charge >= 0.3 is 0 Å². The molecule has 0 amide bonds. The largest absolute Gasteiger partial charge is 0.381 e. The summed E-state index contributed by atoms with van der Waals surface area (Å²) in [7, 11) is 1.97. The summed E-state index contributed by atoms with van der Waals surface area (Å²) < 4.78 is 16.7. The van der Waals surface area contributed by atoms with E-state index in [1.165, 1.54) is 6.42 Å². The summed E-state index contributed by atoms with van der Waals surface area (Å²) in [5.74, 6) is 1.60. The molecule has 0 saturated carbocycles. The van der Waals surface area contributed by atoms with Crippen LogP contribution in [-0.4, -0.2) is 49.2 Å². The van der Waals surface area contributed by atoms with E-state index in [1.54, 1.807) is 0 Å². The smallest absolute Gasteiger partial charge is 0.233 e. The number of nitrogens with one attached hydrogen (secondary N) is 1. The van der Waals surface area contributed by atoms with Gasteiger partial charge < -0.3 is 19.3 Å². The molecule has 2 aliphatic rings. The Bertz CT molecular complexity index is 418. The van der Waals surface area contributed by atoms with Gasteiger partial charge in [0.25, 0.3) is 0 Å². The third-order valence-electron chi connectivity index (χ3n) is 4.21. The van der Waals surface area contributed by atoms with Crippen LogP contribution in [0.3, 0.4) is 0 Å². The lowest BCUT2D eigenvalue weighted by Crippen LogP contribution is -2.39. The van der Waals surface area contributed by atoms with Crippen LogP contribution in [0.5, 0.6) is 0 Å². The van der Waals surface area contributed by atoms with Crippen molar-refractivity contribution in [3.05, 3.63) is 11.7 Å². The molecule has 0 spiro atoms. The fourth-order valence-electron chi connectivity index (χ4n) is 3.00. The van der Waals surface area contributed by atoms with E-state index in [0.717, 1.165) is 44.7 Å². The van der Waals surface area contributed by atoms with Gasteiger partial charge in [-0.25, -0.2) is 0 Å². The molecule has 1 N–H and O–H groups in total. The Morgan fingerprint density at radius 3 is 3.00 bits per heavy atom.